The van der Waals surface area contributed by atoms with E-state index >= 15 is 0 Å². The van der Waals surface area contributed by atoms with Crippen LogP contribution in [0.3, 0.4) is 0 Å². The van der Waals surface area contributed by atoms with Crippen LogP contribution in [0.4, 0.5) is 0 Å². The van der Waals surface area contributed by atoms with E-state index in [2.05, 4.69) is 41.7 Å². The normalized spacial score (nSPS) is 23.8. The van der Waals surface area contributed by atoms with Gasteiger partial charge in [0.05, 0.1) is 0 Å². The van der Waals surface area contributed by atoms with E-state index < -0.39 is 0 Å². The Hall–Kier alpha value is -0.900. The van der Waals surface area contributed by atoms with Crippen molar-refractivity contribution in [2.75, 3.05) is 6.54 Å². The molecule has 2 rings (SSSR count). The zero-order valence-electron chi connectivity index (χ0n) is 12.5. The highest BCUT2D eigenvalue weighted by molar-refractivity contribution is 9.10. The summed E-state index contributed by atoms with van der Waals surface area (Å²) in [6.45, 7) is 7.54. The van der Waals surface area contributed by atoms with Gasteiger partial charge in [-0.2, -0.15) is 0 Å². The summed E-state index contributed by atoms with van der Waals surface area (Å²) in [7, 11) is 0. The number of amides is 1. The predicted octanol–water partition coefficient (Wildman–Crippen LogP) is 4.13. The number of carbonyl (C=O) groups excluding carboxylic acids is 1. The molecule has 3 nitrogen and oxygen atoms in total. The molecule has 4 heteroatoms. The minimum atomic E-state index is 0.0744. The first-order valence-electron chi connectivity index (χ1n) is 7.41. The Kier molecular flexibility index (Phi) is 5.19. The van der Waals surface area contributed by atoms with Crippen molar-refractivity contribution in [3.63, 3.8) is 0 Å². The van der Waals surface area contributed by atoms with E-state index in [9.17, 15) is 4.79 Å². The van der Waals surface area contributed by atoms with Gasteiger partial charge in [-0.15, -0.1) is 0 Å². The van der Waals surface area contributed by atoms with Gasteiger partial charge in [-0.3, -0.25) is 4.79 Å². The standard InChI is InChI=1S/C16H23BrN2O/c1-11(2)15-7-4-12(3)8-9-19(15)16(20)14-6-5-13(17)10-18-14/h5-6,10-12,15H,4,7-9H2,1-3H3. The quantitative estimate of drug-likeness (QED) is 0.812. The Labute approximate surface area is 129 Å². The van der Waals surface area contributed by atoms with Crippen molar-refractivity contribution in [1.82, 2.24) is 9.88 Å². The highest BCUT2D eigenvalue weighted by atomic mass is 79.9. The highest BCUT2D eigenvalue weighted by Crippen LogP contribution is 2.27. The molecule has 110 valence electrons. The number of hydrogen-bond donors (Lipinski definition) is 0. The van der Waals surface area contributed by atoms with Gasteiger partial charge in [-0.25, -0.2) is 4.98 Å². The summed E-state index contributed by atoms with van der Waals surface area (Å²) in [6.07, 6.45) is 5.09. The van der Waals surface area contributed by atoms with Crippen LogP contribution in [0.5, 0.6) is 0 Å². The van der Waals surface area contributed by atoms with E-state index in [1.807, 2.05) is 11.0 Å². The molecule has 0 radical (unpaired) electrons. The van der Waals surface area contributed by atoms with Gasteiger partial charge in [-0.05, 0) is 59.2 Å². The molecule has 0 N–H and O–H groups in total. The van der Waals surface area contributed by atoms with E-state index in [1.165, 1.54) is 6.42 Å². The largest absolute Gasteiger partial charge is 0.334 e. The Morgan fingerprint density at radius 3 is 2.70 bits per heavy atom. The maximum absolute atomic E-state index is 12.7. The molecule has 1 aliphatic rings. The van der Waals surface area contributed by atoms with Crippen LogP contribution in [0, 0.1) is 11.8 Å². The molecule has 1 amide bonds. The molecule has 1 fully saturated rings. The monoisotopic (exact) mass is 338 g/mol. The summed E-state index contributed by atoms with van der Waals surface area (Å²) < 4.78 is 0.902. The third-order valence-corrected chi connectivity index (χ3v) is 4.66. The van der Waals surface area contributed by atoms with Gasteiger partial charge in [0.1, 0.15) is 5.69 Å². The minimum Gasteiger partial charge on any atom is -0.334 e. The molecule has 0 spiro atoms. The van der Waals surface area contributed by atoms with Crippen LogP contribution >= 0.6 is 15.9 Å². The van der Waals surface area contributed by atoms with Crippen LogP contribution in [-0.4, -0.2) is 28.4 Å². The lowest BCUT2D eigenvalue weighted by atomic mass is 9.95. The van der Waals surface area contributed by atoms with Crippen molar-refractivity contribution in [2.45, 2.75) is 46.1 Å². The third-order valence-electron chi connectivity index (χ3n) is 4.20. The molecule has 1 aromatic rings. The first-order valence-corrected chi connectivity index (χ1v) is 8.21. The van der Waals surface area contributed by atoms with E-state index in [1.54, 1.807) is 12.3 Å². The Balaban J connectivity index is 2.22. The van der Waals surface area contributed by atoms with E-state index in [0.717, 1.165) is 23.9 Å². The average molecular weight is 339 g/mol. The van der Waals surface area contributed by atoms with Gasteiger partial charge >= 0.3 is 0 Å². The number of likely N-dealkylation sites (tertiary alicyclic amines) is 1. The summed E-state index contributed by atoms with van der Waals surface area (Å²) in [5.41, 5.74) is 0.549. The number of nitrogens with zero attached hydrogens (tertiary/aromatic N) is 2. The predicted molar refractivity (Wildman–Crippen MR) is 84.6 cm³/mol. The third kappa shape index (κ3) is 3.60. The SMILES string of the molecule is CC1CCC(C(C)C)N(C(=O)c2ccc(Br)cn2)CC1. The zero-order valence-corrected chi connectivity index (χ0v) is 14.1. The van der Waals surface area contributed by atoms with Crippen molar-refractivity contribution in [3.8, 4) is 0 Å². The fourth-order valence-electron chi connectivity index (χ4n) is 2.88. The number of carbonyl (C=O) groups is 1. The molecule has 0 saturated carbocycles. The second-order valence-electron chi connectivity index (χ2n) is 6.14. The Morgan fingerprint density at radius 2 is 2.10 bits per heavy atom. The summed E-state index contributed by atoms with van der Waals surface area (Å²) in [5.74, 6) is 1.26. The van der Waals surface area contributed by atoms with Gasteiger partial charge in [0.15, 0.2) is 0 Å². The maximum Gasteiger partial charge on any atom is 0.272 e. The van der Waals surface area contributed by atoms with Crippen LogP contribution in [0.1, 0.15) is 50.5 Å². The summed E-state index contributed by atoms with van der Waals surface area (Å²) in [6, 6.07) is 4.02. The van der Waals surface area contributed by atoms with Crippen molar-refractivity contribution < 1.29 is 4.79 Å². The number of aromatic nitrogens is 1. The number of hydrogen-bond acceptors (Lipinski definition) is 2. The van der Waals surface area contributed by atoms with Crippen LogP contribution in [0.25, 0.3) is 0 Å². The number of halogens is 1. The lowest BCUT2D eigenvalue weighted by Gasteiger charge is -2.32. The van der Waals surface area contributed by atoms with Crippen LogP contribution in [0.15, 0.2) is 22.8 Å². The molecule has 2 atom stereocenters. The topological polar surface area (TPSA) is 33.2 Å². The zero-order chi connectivity index (χ0) is 14.7. The maximum atomic E-state index is 12.7. The molecular formula is C16H23BrN2O. The lowest BCUT2D eigenvalue weighted by molar-refractivity contribution is 0.0625. The molecule has 2 heterocycles. The smallest absolute Gasteiger partial charge is 0.272 e. The van der Waals surface area contributed by atoms with Crippen molar-refractivity contribution >= 4 is 21.8 Å². The molecule has 1 saturated heterocycles. The van der Waals surface area contributed by atoms with Gasteiger partial charge in [-0.1, -0.05) is 20.8 Å². The second kappa shape index (κ2) is 6.70. The van der Waals surface area contributed by atoms with Crippen molar-refractivity contribution in [1.29, 1.82) is 0 Å². The Bertz CT molecular complexity index is 458. The molecule has 20 heavy (non-hydrogen) atoms. The van der Waals surface area contributed by atoms with Crippen LogP contribution in [-0.2, 0) is 0 Å². The van der Waals surface area contributed by atoms with E-state index in [0.29, 0.717) is 23.6 Å². The van der Waals surface area contributed by atoms with Gasteiger partial charge < -0.3 is 4.90 Å². The fourth-order valence-corrected chi connectivity index (χ4v) is 3.11. The molecule has 0 bridgehead atoms. The van der Waals surface area contributed by atoms with E-state index in [-0.39, 0.29) is 5.91 Å². The fraction of sp³-hybridized carbons (Fsp3) is 0.625. The molecule has 1 aliphatic heterocycles. The van der Waals surface area contributed by atoms with Gasteiger partial charge in [0.25, 0.3) is 5.91 Å². The minimum absolute atomic E-state index is 0.0744. The molecular weight excluding hydrogens is 316 g/mol. The van der Waals surface area contributed by atoms with Crippen LogP contribution < -0.4 is 0 Å². The second-order valence-corrected chi connectivity index (χ2v) is 7.06. The van der Waals surface area contributed by atoms with Crippen LogP contribution in [0.2, 0.25) is 0 Å². The first kappa shape index (κ1) is 15.5. The highest BCUT2D eigenvalue weighted by Gasteiger charge is 2.30. The molecule has 0 aliphatic carbocycles. The van der Waals surface area contributed by atoms with Gasteiger partial charge in [0.2, 0.25) is 0 Å². The van der Waals surface area contributed by atoms with E-state index in [4.69, 9.17) is 0 Å². The lowest BCUT2D eigenvalue weighted by Crippen LogP contribution is -2.43. The summed E-state index contributed by atoms with van der Waals surface area (Å²) in [4.78, 5) is 19.0. The number of pyridine rings is 1. The number of rotatable bonds is 2. The van der Waals surface area contributed by atoms with Crippen molar-refractivity contribution in [2.24, 2.45) is 11.8 Å². The summed E-state index contributed by atoms with van der Waals surface area (Å²) in [5, 5.41) is 0. The molecule has 2 unspecified atom stereocenters. The summed E-state index contributed by atoms with van der Waals surface area (Å²) >= 11 is 3.36. The molecule has 0 aromatic carbocycles. The Morgan fingerprint density at radius 1 is 1.35 bits per heavy atom. The van der Waals surface area contributed by atoms with Gasteiger partial charge in [0, 0.05) is 23.3 Å². The molecule has 1 aromatic heterocycles. The first-order chi connectivity index (χ1) is 9.49. The average Bonchev–Trinajstić information content (AvgIpc) is 2.61. The van der Waals surface area contributed by atoms with Crippen molar-refractivity contribution in [3.05, 3.63) is 28.5 Å².